The summed E-state index contributed by atoms with van der Waals surface area (Å²) in [6.45, 7) is 3.51. The Balaban J connectivity index is 2.23. The number of ether oxygens (including phenoxy) is 1. The van der Waals surface area contributed by atoms with E-state index in [4.69, 9.17) is 9.84 Å². The van der Waals surface area contributed by atoms with E-state index in [0.717, 1.165) is 19.3 Å². The molecule has 0 heterocycles. The van der Waals surface area contributed by atoms with Crippen LogP contribution in [-0.2, 0) is 14.3 Å². The summed E-state index contributed by atoms with van der Waals surface area (Å²) in [6, 6.07) is 0. The molecule has 2 N–H and O–H groups in total. The van der Waals surface area contributed by atoms with E-state index in [2.05, 4.69) is 6.92 Å². The number of fused-ring (bicyclic) bond motifs is 1. The number of hydrogen-bond acceptors (Lipinski definition) is 4. The van der Waals surface area contributed by atoms with Gasteiger partial charge in [0.25, 0.3) is 0 Å². The highest BCUT2D eigenvalue weighted by Gasteiger charge is 2.55. The van der Waals surface area contributed by atoms with Gasteiger partial charge in [0.2, 0.25) is 0 Å². The van der Waals surface area contributed by atoms with E-state index < -0.39 is 5.97 Å². The number of carboxylic acid groups (broad SMARTS) is 1. The second-order valence-electron chi connectivity index (χ2n) is 6.24. The quantitative estimate of drug-likeness (QED) is 0.762. The molecule has 0 aromatic heterocycles. The summed E-state index contributed by atoms with van der Waals surface area (Å²) in [5.41, 5.74) is -0.152. The number of carbonyl (C=O) groups is 2. The van der Waals surface area contributed by atoms with Crippen molar-refractivity contribution < 1.29 is 24.5 Å². The van der Waals surface area contributed by atoms with Crippen LogP contribution in [0.15, 0.2) is 11.8 Å². The van der Waals surface area contributed by atoms with E-state index in [9.17, 15) is 14.7 Å². The highest BCUT2D eigenvalue weighted by molar-refractivity contribution is 5.67. The summed E-state index contributed by atoms with van der Waals surface area (Å²) in [6.07, 6.45) is 5.39. The Hall–Kier alpha value is -1.52. The molecule has 2 rings (SSSR count). The SMILES string of the molecule is CCC12CC=C(O)C(CCC(=O)O)C1CCC2OC(C)=O. The molecule has 5 nitrogen and oxygen atoms in total. The predicted molar refractivity (Wildman–Crippen MR) is 76.7 cm³/mol. The van der Waals surface area contributed by atoms with Crippen LogP contribution in [0.2, 0.25) is 0 Å². The third kappa shape index (κ3) is 2.92. The van der Waals surface area contributed by atoms with E-state index in [1.807, 2.05) is 0 Å². The summed E-state index contributed by atoms with van der Waals surface area (Å²) < 4.78 is 5.52. The summed E-state index contributed by atoms with van der Waals surface area (Å²) in [4.78, 5) is 22.2. The smallest absolute Gasteiger partial charge is 0.303 e. The van der Waals surface area contributed by atoms with E-state index >= 15 is 0 Å². The van der Waals surface area contributed by atoms with Gasteiger partial charge in [0, 0.05) is 24.7 Å². The van der Waals surface area contributed by atoms with Crippen molar-refractivity contribution in [3.05, 3.63) is 11.8 Å². The van der Waals surface area contributed by atoms with Gasteiger partial charge in [-0.2, -0.15) is 0 Å². The predicted octanol–water partition coefficient (Wildman–Crippen LogP) is 3.05. The van der Waals surface area contributed by atoms with Crippen LogP contribution in [0.3, 0.4) is 0 Å². The lowest BCUT2D eigenvalue weighted by molar-refractivity contribution is -0.154. The van der Waals surface area contributed by atoms with Gasteiger partial charge >= 0.3 is 11.9 Å². The number of esters is 1. The highest BCUT2D eigenvalue weighted by atomic mass is 16.5. The molecular formula is C16H24O5. The molecule has 0 amide bonds. The van der Waals surface area contributed by atoms with Crippen molar-refractivity contribution in [1.29, 1.82) is 0 Å². The minimum atomic E-state index is -0.843. The third-order valence-corrected chi connectivity index (χ3v) is 5.31. The zero-order valence-corrected chi connectivity index (χ0v) is 12.7. The molecule has 0 radical (unpaired) electrons. The van der Waals surface area contributed by atoms with Crippen LogP contribution in [-0.4, -0.2) is 28.3 Å². The number of rotatable bonds is 5. The van der Waals surface area contributed by atoms with Gasteiger partial charge < -0.3 is 14.9 Å². The minimum absolute atomic E-state index is 0.0527. The number of hydrogen-bond donors (Lipinski definition) is 2. The van der Waals surface area contributed by atoms with E-state index in [1.165, 1.54) is 6.92 Å². The molecule has 21 heavy (non-hydrogen) atoms. The molecule has 0 aliphatic heterocycles. The standard InChI is InChI=1S/C16H24O5/c1-3-16-9-8-13(18)11(4-7-15(19)20)12(16)5-6-14(16)21-10(2)17/h8,11-12,14,18H,3-7,9H2,1-2H3,(H,19,20). The van der Waals surface area contributed by atoms with Gasteiger partial charge in [-0.3, -0.25) is 9.59 Å². The monoisotopic (exact) mass is 296 g/mol. The van der Waals surface area contributed by atoms with Crippen LogP contribution in [0.4, 0.5) is 0 Å². The number of allylic oxidation sites excluding steroid dienone is 2. The van der Waals surface area contributed by atoms with Crippen molar-refractivity contribution in [1.82, 2.24) is 0 Å². The molecule has 1 fully saturated rings. The first kappa shape index (κ1) is 15.9. The van der Waals surface area contributed by atoms with Crippen LogP contribution in [0, 0.1) is 17.3 Å². The normalized spacial score (nSPS) is 35.0. The van der Waals surface area contributed by atoms with Gasteiger partial charge in [0.15, 0.2) is 0 Å². The van der Waals surface area contributed by atoms with Gasteiger partial charge in [-0.05, 0) is 44.1 Å². The molecule has 0 aromatic carbocycles. The van der Waals surface area contributed by atoms with Crippen molar-refractivity contribution in [2.45, 2.75) is 58.5 Å². The van der Waals surface area contributed by atoms with Gasteiger partial charge in [0.1, 0.15) is 6.10 Å². The van der Waals surface area contributed by atoms with E-state index in [0.29, 0.717) is 18.6 Å². The molecule has 4 atom stereocenters. The molecule has 118 valence electrons. The summed E-state index contributed by atoms with van der Waals surface area (Å²) in [5.74, 6) is -0.736. The number of aliphatic hydroxyl groups is 1. The first-order valence-electron chi connectivity index (χ1n) is 7.68. The van der Waals surface area contributed by atoms with E-state index in [-0.39, 0.29) is 35.7 Å². The highest BCUT2D eigenvalue weighted by Crippen LogP contribution is 2.57. The van der Waals surface area contributed by atoms with Crippen molar-refractivity contribution in [3.63, 3.8) is 0 Å². The van der Waals surface area contributed by atoms with Crippen LogP contribution in [0.1, 0.15) is 52.4 Å². The third-order valence-electron chi connectivity index (χ3n) is 5.31. The fourth-order valence-corrected chi connectivity index (χ4v) is 4.32. The fourth-order valence-electron chi connectivity index (χ4n) is 4.32. The number of carbonyl (C=O) groups excluding carboxylic acids is 1. The first-order chi connectivity index (χ1) is 9.90. The van der Waals surface area contributed by atoms with Gasteiger partial charge in [0.05, 0.1) is 5.76 Å². The molecule has 0 spiro atoms. The van der Waals surface area contributed by atoms with Crippen molar-refractivity contribution in [3.8, 4) is 0 Å². The topological polar surface area (TPSA) is 83.8 Å². The van der Waals surface area contributed by atoms with Gasteiger partial charge in [-0.15, -0.1) is 0 Å². The maximum Gasteiger partial charge on any atom is 0.303 e. The largest absolute Gasteiger partial charge is 0.512 e. The lowest BCUT2D eigenvalue weighted by Crippen LogP contribution is -2.43. The average molecular weight is 296 g/mol. The molecule has 0 aromatic rings. The second-order valence-corrected chi connectivity index (χ2v) is 6.24. The Bertz CT molecular complexity index is 456. The maximum absolute atomic E-state index is 11.3. The van der Waals surface area contributed by atoms with Crippen LogP contribution in [0.25, 0.3) is 0 Å². The minimum Gasteiger partial charge on any atom is -0.512 e. The Morgan fingerprint density at radius 1 is 1.43 bits per heavy atom. The molecule has 1 saturated carbocycles. The zero-order chi connectivity index (χ0) is 15.6. The van der Waals surface area contributed by atoms with Crippen molar-refractivity contribution >= 4 is 11.9 Å². The van der Waals surface area contributed by atoms with Crippen LogP contribution in [0.5, 0.6) is 0 Å². The summed E-state index contributed by atoms with van der Waals surface area (Å²) in [5, 5.41) is 19.1. The zero-order valence-electron chi connectivity index (χ0n) is 12.7. The molecule has 5 heteroatoms. The second kappa shape index (κ2) is 6.08. The lowest BCUT2D eigenvalue weighted by Gasteiger charge is -2.44. The Labute approximate surface area is 125 Å². The summed E-state index contributed by atoms with van der Waals surface area (Å²) in [7, 11) is 0. The molecular weight excluding hydrogens is 272 g/mol. The lowest BCUT2D eigenvalue weighted by atomic mass is 9.62. The maximum atomic E-state index is 11.3. The molecule has 4 unspecified atom stereocenters. The summed E-state index contributed by atoms with van der Waals surface area (Å²) >= 11 is 0. The number of carboxylic acids is 1. The van der Waals surface area contributed by atoms with E-state index in [1.54, 1.807) is 6.08 Å². The van der Waals surface area contributed by atoms with Crippen LogP contribution >= 0.6 is 0 Å². The molecule has 0 saturated heterocycles. The van der Waals surface area contributed by atoms with Crippen LogP contribution < -0.4 is 0 Å². The Morgan fingerprint density at radius 2 is 2.14 bits per heavy atom. The molecule has 2 aliphatic rings. The average Bonchev–Trinajstić information content (AvgIpc) is 2.76. The Kier molecular flexibility index (Phi) is 4.59. The van der Waals surface area contributed by atoms with Crippen molar-refractivity contribution in [2.24, 2.45) is 17.3 Å². The molecule has 2 aliphatic carbocycles. The van der Waals surface area contributed by atoms with Gasteiger partial charge in [-0.1, -0.05) is 6.92 Å². The first-order valence-corrected chi connectivity index (χ1v) is 7.68. The van der Waals surface area contributed by atoms with Crippen molar-refractivity contribution in [2.75, 3.05) is 0 Å². The fraction of sp³-hybridized carbons (Fsp3) is 0.750. The number of aliphatic hydroxyl groups excluding tert-OH is 1. The number of aliphatic carboxylic acids is 1. The molecule has 0 bridgehead atoms. The van der Waals surface area contributed by atoms with Gasteiger partial charge in [-0.25, -0.2) is 0 Å². The Morgan fingerprint density at radius 3 is 2.71 bits per heavy atom.